The van der Waals surface area contributed by atoms with Gasteiger partial charge in [0, 0.05) is 13.2 Å². The minimum atomic E-state index is -0.250. The van der Waals surface area contributed by atoms with Gasteiger partial charge in [-0.1, -0.05) is 12.1 Å². The van der Waals surface area contributed by atoms with Crippen LogP contribution in [0, 0.1) is 12.3 Å². The monoisotopic (exact) mass is 249 g/mol. The Morgan fingerprint density at radius 3 is 2.78 bits per heavy atom. The molecule has 0 unspecified atom stereocenters. The van der Waals surface area contributed by atoms with Crippen molar-refractivity contribution in [1.82, 2.24) is 5.32 Å². The van der Waals surface area contributed by atoms with Gasteiger partial charge in [-0.05, 0) is 43.2 Å². The van der Waals surface area contributed by atoms with E-state index in [-0.39, 0.29) is 23.7 Å². The third-order valence-corrected chi connectivity index (χ3v) is 3.71. The van der Waals surface area contributed by atoms with Gasteiger partial charge in [-0.2, -0.15) is 0 Å². The van der Waals surface area contributed by atoms with E-state index in [0.29, 0.717) is 17.7 Å². The molecule has 0 aliphatic heterocycles. The van der Waals surface area contributed by atoms with Gasteiger partial charge in [0.15, 0.2) is 0 Å². The van der Waals surface area contributed by atoms with Gasteiger partial charge in [-0.15, -0.1) is 0 Å². The predicted octanol–water partition coefficient (Wildman–Crippen LogP) is 1.59. The van der Waals surface area contributed by atoms with Crippen molar-refractivity contribution in [3.05, 3.63) is 29.3 Å². The summed E-state index contributed by atoms with van der Waals surface area (Å²) < 4.78 is 0. The van der Waals surface area contributed by atoms with Gasteiger partial charge in [0.05, 0.1) is 5.56 Å². The number of carbonyl (C=O) groups is 1. The van der Waals surface area contributed by atoms with Crippen molar-refractivity contribution in [1.29, 1.82) is 0 Å². The van der Waals surface area contributed by atoms with E-state index >= 15 is 0 Å². The van der Waals surface area contributed by atoms with Gasteiger partial charge >= 0.3 is 0 Å². The molecule has 0 heterocycles. The molecule has 4 nitrogen and oxygen atoms in total. The molecule has 1 aliphatic rings. The average Bonchev–Trinajstić information content (AvgIpc) is 3.11. The number of nitrogens with one attached hydrogen (secondary N) is 1. The molecule has 0 radical (unpaired) electrons. The summed E-state index contributed by atoms with van der Waals surface area (Å²) >= 11 is 0. The number of hydrogen-bond acceptors (Lipinski definition) is 3. The summed E-state index contributed by atoms with van der Waals surface area (Å²) in [5.41, 5.74) is 1.10. The second kappa shape index (κ2) is 4.98. The van der Waals surface area contributed by atoms with Gasteiger partial charge in [0.2, 0.25) is 0 Å². The first-order valence-electron chi connectivity index (χ1n) is 6.26. The number of benzene rings is 1. The summed E-state index contributed by atoms with van der Waals surface area (Å²) in [4.78, 5) is 12.0. The zero-order chi connectivity index (χ0) is 13.2. The van der Waals surface area contributed by atoms with Crippen molar-refractivity contribution >= 4 is 5.91 Å². The number of hydrogen-bond donors (Lipinski definition) is 3. The van der Waals surface area contributed by atoms with Crippen LogP contribution in [0.3, 0.4) is 0 Å². The van der Waals surface area contributed by atoms with Crippen LogP contribution in [0.5, 0.6) is 5.75 Å². The summed E-state index contributed by atoms with van der Waals surface area (Å²) in [6, 6.07) is 5.13. The van der Waals surface area contributed by atoms with Crippen molar-refractivity contribution in [3.63, 3.8) is 0 Å². The van der Waals surface area contributed by atoms with E-state index in [9.17, 15) is 9.90 Å². The molecule has 2 rings (SSSR count). The Labute approximate surface area is 107 Å². The van der Waals surface area contributed by atoms with Gasteiger partial charge in [0.25, 0.3) is 5.91 Å². The number of phenolic OH excluding ortho intramolecular Hbond substituents is 1. The topological polar surface area (TPSA) is 69.6 Å². The summed E-state index contributed by atoms with van der Waals surface area (Å²) in [6.45, 7) is 2.49. The lowest BCUT2D eigenvalue weighted by atomic mass is 10.0. The van der Waals surface area contributed by atoms with Crippen molar-refractivity contribution in [3.8, 4) is 5.75 Å². The maximum Gasteiger partial charge on any atom is 0.255 e. The minimum absolute atomic E-state index is 0.0435. The molecule has 0 aromatic heterocycles. The smallest absolute Gasteiger partial charge is 0.255 e. The Hall–Kier alpha value is -1.55. The molecule has 18 heavy (non-hydrogen) atoms. The number of phenols is 1. The van der Waals surface area contributed by atoms with Crippen molar-refractivity contribution in [2.75, 3.05) is 13.2 Å². The van der Waals surface area contributed by atoms with Gasteiger partial charge < -0.3 is 15.5 Å². The molecule has 1 saturated carbocycles. The number of aromatic hydroxyl groups is 1. The number of para-hydroxylation sites is 1. The van der Waals surface area contributed by atoms with E-state index in [0.717, 1.165) is 19.3 Å². The molecule has 3 N–H and O–H groups in total. The highest BCUT2D eigenvalue weighted by molar-refractivity contribution is 5.97. The first-order chi connectivity index (χ1) is 8.58. The second-order valence-corrected chi connectivity index (χ2v) is 5.13. The van der Waals surface area contributed by atoms with Gasteiger partial charge in [0.1, 0.15) is 5.75 Å². The lowest BCUT2D eigenvalue weighted by Crippen LogP contribution is -2.30. The molecule has 4 heteroatoms. The molecular formula is C14H19NO3. The summed E-state index contributed by atoms with van der Waals surface area (Å²) in [6.07, 6.45) is 2.83. The van der Waals surface area contributed by atoms with Gasteiger partial charge in [-0.25, -0.2) is 0 Å². The zero-order valence-corrected chi connectivity index (χ0v) is 10.6. The van der Waals surface area contributed by atoms with Crippen molar-refractivity contribution < 1.29 is 15.0 Å². The number of aliphatic hydroxyl groups excluding tert-OH is 1. The minimum Gasteiger partial charge on any atom is -0.507 e. The quantitative estimate of drug-likeness (QED) is 0.742. The lowest BCUT2D eigenvalue weighted by Gasteiger charge is -2.15. The molecule has 1 aromatic rings. The largest absolute Gasteiger partial charge is 0.507 e. The van der Waals surface area contributed by atoms with Crippen LogP contribution in [-0.4, -0.2) is 29.3 Å². The Bertz CT molecular complexity index is 452. The highest BCUT2D eigenvalue weighted by atomic mass is 16.3. The van der Waals surface area contributed by atoms with Crippen LogP contribution in [0.4, 0.5) is 0 Å². The standard InChI is InChI=1S/C14H19NO3/c1-10-3-2-4-11(12(10)17)13(18)15-9-14(5-6-14)7-8-16/h2-4,16-17H,5-9H2,1H3,(H,15,18). The lowest BCUT2D eigenvalue weighted by molar-refractivity contribution is 0.0938. The van der Waals surface area contributed by atoms with Gasteiger partial charge in [-0.3, -0.25) is 4.79 Å². The predicted molar refractivity (Wildman–Crippen MR) is 68.5 cm³/mol. The molecular weight excluding hydrogens is 230 g/mol. The van der Waals surface area contributed by atoms with Crippen LogP contribution >= 0.6 is 0 Å². The number of aliphatic hydroxyl groups is 1. The fraction of sp³-hybridized carbons (Fsp3) is 0.500. The molecule has 0 atom stereocenters. The molecule has 1 aromatic carbocycles. The normalized spacial score (nSPS) is 16.3. The third kappa shape index (κ3) is 2.64. The van der Waals surface area contributed by atoms with E-state index in [1.54, 1.807) is 25.1 Å². The highest BCUT2D eigenvalue weighted by Crippen LogP contribution is 2.47. The molecule has 0 bridgehead atoms. The first-order valence-corrected chi connectivity index (χ1v) is 6.26. The van der Waals surface area contributed by atoms with E-state index in [1.807, 2.05) is 0 Å². The Kier molecular flexibility index (Phi) is 3.57. The Morgan fingerprint density at radius 1 is 1.44 bits per heavy atom. The maximum absolute atomic E-state index is 12.0. The Balaban J connectivity index is 1.98. The maximum atomic E-state index is 12.0. The molecule has 0 saturated heterocycles. The average molecular weight is 249 g/mol. The summed E-state index contributed by atoms with van der Waals surface area (Å²) in [5.74, 6) is -0.206. The Morgan fingerprint density at radius 2 is 2.17 bits per heavy atom. The molecule has 1 amide bonds. The fourth-order valence-corrected chi connectivity index (χ4v) is 2.13. The molecule has 0 spiro atoms. The molecule has 98 valence electrons. The van der Waals surface area contributed by atoms with E-state index in [1.165, 1.54) is 0 Å². The second-order valence-electron chi connectivity index (χ2n) is 5.13. The van der Waals surface area contributed by atoms with Crippen LogP contribution in [-0.2, 0) is 0 Å². The summed E-state index contributed by atoms with van der Waals surface area (Å²) in [5, 5.41) is 21.6. The zero-order valence-electron chi connectivity index (χ0n) is 10.6. The van der Waals surface area contributed by atoms with E-state index in [4.69, 9.17) is 5.11 Å². The number of aryl methyl sites for hydroxylation is 1. The molecule has 1 fully saturated rings. The van der Waals surface area contributed by atoms with Crippen molar-refractivity contribution in [2.24, 2.45) is 5.41 Å². The third-order valence-electron chi connectivity index (χ3n) is 3.71. The highest BCUT2D eigenvalue weighted by Gasteiger charge is 2.41. The van der Waals surface area contributed by atoms with E-state index < -0.39 is 0 Å². The van der Waals surface area contributed by atoms with Crippen LogP contribution in [0.15, 0.2) is 18.2 Å². The SMILES string of the molecule is Cc1cccc(C(=O)NCC2(CCO)CC2)c1O. The van der Waals surface area contributed by atoms with Crippen molar-refractivity contribution in [2.45, 2.75) is 26.2 Å². The first kappa shape index (κ1) is 12.9. The fourth-order valence-electron chi connectivity index (χ4n) is 2.13. The van der Waals surface area contributed by atoms with E-state index in [2.05, 4.69) is 5.32 Å². The van der Waals surface area contributed by atoms with Crippen LogP contribution < -0.4 is 5.32 Å². The van der Waals surface area contributed by atoms with Crippen LogP contribution in [0.2, 0.25) is 0 Å². The number of amides is 1. The summed E-state index contributed by atoms with van der Waals surface area (Å²) in [7, 11) is 0. The number of rotatable bonds is 5. The van der Waals surface area contributed by atoms with Crippen LogP contribution in [0.25, 0.3) is 0 Å². The van der Waals surface area contributed by atoms with Crippen LogP contribution in [0.1, 0.15) is 35.2 Å². The molecule has 1 aliphatic carbocycles. The number of carbonyl (C=O) groups excluding carboxylic acids is 1.